The van der Waals surface area contributed by atoms with Gasteiger partial charge in [-0.1, -0.05) is 13.0 Å². The molecule has 1 N–H and O–H groups in total. The van der Waals surface area contributed by atoms with Gasteiger partial charge in [0.05, 0.1) is 18.0 Å². The zero-order chi connectivity index (χ0) is 14.8. The molecular formula is C15H22F2O3. The number of aliphatic hydroxyl groups excluding tert-OH is 1. The maximum atomic E-state index is 12.9. The smallest absolute Gasteiger partial charge is 0.353 e. The van der Waals surface area contributed by atoms with E-state index in [2.05, 4.69) is 0 Å². The molecule has 4 unspecified atom stereocenters. The van der Waals surface area contributed by atoms with Gasteiger partial charge in [-0.25, -0.2) is 0 Å². The molecule has 0 amide bonds. The lowest BCUT2D eigenvalue weighted by atomic mass is 9.92. The van der Waals surface area contributed by atoms with Crippen molar-refractivity contribution in [2.24, 2.45) is 5.92 Å². The maximum Gasteiger partial charge on any atom is 0.353 e. The third-order valence-electron chi connectivity index (χ3n) is 3.71. The van der Waals surface area contributed by atoms with Crippen molar-refractivity contribution in [3.8, 4) is 0 Å². The van der Waals surface area contributed by atoms with Crippen LogP contribution in [0.2, 0.25) is 0 Å². The minimum atomic E-state index is -3.11. The normalized spacial score (nSPS) is 34.8. The average Bonchev–Trinajstić information content (AvgIpc) is 2.32. The van der Waals surface area contributed by atoms with Crippen molar-refractivity contribution in [1.29, 1.82) is 0 Å². The molecule has 0 aromatic carbocycles. The van der Waals surface area contributed by atoms with Crippen LogP contribution in [0.4, 0.5) is 8.78 Å². The number of ether oxygens (including phenoxy) is 2. The van der Waals surface area contributed by atoms with E-state index in [-0.39, 0.29) is 12.0 Å². The van der Waals surface area contributed by atoms with Gasteiger partial charge in [-0.15, -0.1) is 0 Å². The Bertz CT molecular complexity index is 387. The van der Waals surface area contributed by atoms with Gasteiger partial charge in [-0.2, -0.15) is 8.78 Å². The fourth-order valence-electron chi connectivity index (χ4n) is 2.56. The van der Waals surface area contributed by atoms with Crippen LogP contribution >= 0.6 is 0 Å². The first-order valence-corrected chi connectivity index (χ1v) is 7.11. The van der Waals surface area contributed by atoms with E-state index >= 15 is 0 Å². The summed E-state index contributed by atoms with van der Waals surface area (Å²) in [5, 5.41) is 9.78. The number of aliphatic hydroxyl groups is 1. The zero-order valence-corrected chi connectivity index (χ0v) is 11.9. The molecule has 0 spiro atoms. The Hall–Kier alpha value is -0.940. The first-order chi connectivity index (χ1) is 9.33. The highest BCUT2D eigenvalue weighted by molar-refractivity contribution is 5.07. The van der Waals surface area contributed by atoms with E-state index < -0.39 is 18.3 Å². The minimum absolute atomic E-state index is 0.235. The van der Waals surface area contributed by atoms with E-state index in [0.717, 1.165) is 25.5 Å². The number of rotatable bonds is 4. The SMILES string of the molecule is CC1CCC(OC2C=CCC(OC(C)(F)F)C2)=CC1O. The molecule has 0 saturated carbocycles. The topological polar surface area (TPSA) is 38.7 Å². The van der Waals surface area contributed by atoms with Crippen LogP contribution < -0.4 is 0 Å². The lowest BCUT2D eigenvalue weighted by molar-refractivity contribution is -0.253. The molecule has 2 aliphatic rings. The number of alkyl halides is 2. The van der Waals surface area contributed by atoms with E-state index in [4.69, 9.17) is 9.47 Å². The molecule has 5 heteroatoms. The van der Waals surface area contributed by atoms with Crippen molar-refractivity contribution in [2.75, 3.05) is 0 Å². The average molecular weight is 288 g/mol. The highest BCUT2D eigenvalue weighted by Crippen LogP contribution is 2.29. The molecule has 0 aliphatic heterocycles. The van der Waals surface area contributed by atoms with Gasteiger partial charge in [0.1, 0.15) is 6.10 Å². The first-order valence-electron chi connectivity index (χ1n) is 7.11. The standard InChI is InChI=1S/C15H22F2O3/c1-10-6-7-12(9-14(10)18)19-11-4-3-5-13(8-11)20-15(2,16)17/h3-4,9-11,13-14,18H,5-8H2,1-2H3. The molecule has 2 rings (SSSR count). The number of halogens is 2. The second-order valence-electron chi connectivity index (χ2n) is 5.74. The summed E-state index contributed by atoms with van der Waals surface area (Å²) in [5.41, 5.74) is 0. The van der Waals surface area contributed by atoms with Gasteiger partial charge in [-0.05, 0) is 30.9 Å². The zero-order valence-electron chi connectivity index (χ0n) is 11.9. The Morgan fingerprint density at radius 1 is 1.40 bits per heavy atom. The summed E-state index contributed by atoms with van der Waals surface area (Å²) in [4.78, 5) is 0. The second-order valence-corrected chi connectivity index (χ2v) is 5.74. The predicted octanol–water partition coefficient (Wildman–Crippen LogP) is 3.39. The summed E-state index contributed by atoms with van der Waals surface area (Å²) >= 11 is 0. The van der Waals surface area contributed by atoms with Gasteiger partial charge in [-0.3, -0.25) is 0 Å². The summed E-state index contributed by atoms with van der Waals surface area (Å²) in [6.45, 7) is 2.74. The van der Waals surface area contributed by atoms with E-state index in [9.17, 15) is 13.9 Å². The number of allylic oxidation sites excluding steroid dienone is 1. The molecule has 0 radical (unpaired) electrons. The Labute approximate surface area is 118 Å². The van der Waals surface area contributed by atoms with Crippen LogP contribution in [0.1, 0.15) is 39.5 Å². The summed E-state index contributed by atoms with van der Waals surface area (Å²) in [7, 11) is 0. The van der Waals surface area contributed by atoms with Crippen LogP contribution in [-0.4, -0.2) is 29.5 Å². The highest BCUT2D eigenvalue weighted by atomic mass is 19.3. The Morgan fingerprint density at radius 3 is 2.80 bits per heavy atom. The van der Waals surface area contributed by atoms with Gasteiger partial charge in [0.15, 0.2) is 0 Å². The van der Waals surface area contributed by atoms with E-state index in [1.54, 1.807) is 6.08 Å². The molecule has 0 heterocycles. The largest absolute Gasteiger partial charge is 0.491 e. The third kappa shape index (κ3) is 4.56. The van der Waals surface area contributed by atoms with Gasteiger partial charge in [0.25, 0.3) is 0 Å². The fraction of sp³-hybridized carbons (Fsp3) is 0.733. The molecule has 0 bridgehead atoms. The van der Waals surface area contributed by atoms with Crippen LogP contribution in [-0.2, 0) is 9.47 Å². The van der Waals surface area contributed by atoms with Crippen LogP contribution in [0.3, 0.4) is 0 Å². The van der Waals surface area contributed by atoms with Crippen molar-refractivity contribution >= 4 is 0 Å². The van der Waals surface area contributed by atoms with Crippen molar-refractivity contribution in [1.82, 2.24) is 0 Å². The van der Waals surface area contributed by atoms with Gasteiger partial charge in [0.2, 0.25) is 0 Å². The molecule has 0 aromatic rings. The highest BCUT2D eigenvalue weighted by Gasteiger charge is 2.30. The van der Waals surface area contributed by atoms with Crippen LogP contribution in [0.5, 0.6) is 0 Å². The summed E-state index contributed by atoms with van der Waals surface area (Å²) < 4.78 is 36.2. The van der Waals surface area contributed by atoms with Crippen LogP contribution in [0.15, 0.2) is 24.0 Å². The minimum Gasteiger partial charge on any atom is -0.491 e. The monoisotopic (exact) mass is 288 g/mol. The number of hydrogen-bond acceptors (Lipinski definition) is 3. The Balaban J connectivity index is 1.89. The van der Waals surface area contributed by atoms with Crippen molar-refractivity contribution in [3.63, 3.8) is 0 Å². The summed E-state index contributed by atoms with van der Waals surface area (Å²) in [6.07, 6.45) is 3.54. The molecule has 114 valence electrons. The number of hydrogen-bond donors (Lipinski definition) is 1. The second kappa shape index (κ2) is 6.22. The van der Waals surface area contributed by atoms with Crippen molar-refractivity contribution in [3.05, 3.63) is 24.0 Å². The van der Waals surface area contributed by atoms with E-state index in [0.29, 0.717) is 12.8 Å². The van der Waals surface area contributed by atoms with E-state index in [1.807, 2.05) is 19.1 Å². The lowest BCUT2D eigenvalue weighted by Gasteiger charge is -2.30. The van der Waals surface area contributed by atoms with Gasteiger partial charge >= 0.3 is 6.11 Å². The lowest BCUT2D eigenvalue weighted by Crippen LogP contribution is -2.31. The van der Waals surface area contributed by atoms with Crippen molar-refractivity contribution < 1.29 is 23.4 Å². The molecule has 2 aliphatic carbocycles. The fourth-order valence-corrected chi connectivity index (χ4v) is 2.56. The molecule has 3 nitrogen and oxygen atoms in total. The van der Waals surface area contributed by atoms with Crippen LogP contribution in [0, 0.1) is 5.92 Å². The summed E-state index contributed by atoms with van der Waals surface area (Å²) in [6, 6.07) is 0. The summed E-state index contributed by atoms with van der Waals surface area (Å²) in [5.74, 6) is 0.980. The molecule has 4 atom stereocenters. The third-order valence-corrected chi connectivity index (χ3v) is 3.71. The van der Waals surface area contributed by atoms with Gasteiger partial charge in [0, 0.05) is 19.8 Å². The maximum absolute atomic E-state index is 12.9. The first kappa shape index (κ1) is 15.4. The molecule has 0 aromatic heterocycles. The quantitative estimate of drug-likeness (QED) is 0.806. The Kier molecular flexibility index (Phi) is 4.81. The molecule has 20 heavy (non-hydrogen) atoms. The molecule has 0 saturated heterocycles. The van der Waals surface area contributed by atoms with Crippen LogP contribution in [0.25, 0.3) is 0 Å². The Morgan fingerprint density at radius 2 is 2.15 bits per heavy atom. The van der Waals surface area contributed by atoms with Gasteiger partial charge < -0.3 is 14.6 Å². The molecule has 0 fully saturated rings. The molecular weight excluding hydrogens is 266 g/mol. The van der Waals surface area contributed by atoms with E-state index in [1.165, 1.54) is 0 Å². The van der Waals surface area contributed by atoms with Crippen molar-refractivity contribution in [2.45, 2.75) is 64.0 Å². The predicted molar refractivity (Wildman–Crippen MR) is 71.2 cm³/mol.